The second-order valence-electron chi connectivity index (χ2n) is 6.49. The summed E-state index contributed by atoms with van der Waals surface area (Å²) >= 11 is 1.43. The Balaban J connectivity index is 1.66. The van der Waals surface area contributed by atoms with Crippen LogP contribution in [0.4, 0.5) is 0 Å². The van der Waals surface area contributed by atoms with E-state index in [9.17, 15) is 14.4 Å². The van der Waals surface area contributed by atoms with Gasteiger partial charge in [-0.05, 0) is 31.5 Å². The van der Waals surface area contributed by atoms with E-state index < -0.39 is 12.0 Å². The molecule has 27 heavy (non-hydrogen) atoms. The third-order valence-electron chi connectivity index (χ3n) is 4.45. The fraction of sp³-hybridized carbons (Fsp3) is 0.350. The van der Waals surface area contributed by atoms with Crippen LogP contribution in [0.2, 0.25) is 0 Å². The third-order valence-corrected chi connectivity index (χ3v) is 5.73. The minimum Gasteiger partial charge on any atom is -0.466 e. The Bertz CT molecular complexity index is 861. The molecule has 2 atom stereocenters. The van der Waals surface area contributed by atoms with Crippen LogP contribution in [0.1, 0.15) is 39.5 Å². The van der Waals surface area contributed by atoms with Gasteiger partial charge in [0.2, 0.25) is 11.7 Å². The number of Topliss-reactive ketones (excluding diaryl/α,β-unsaturated/α-hetero) is 1. The molecule has 1 amide bonds. The molecule has 1 aromatic carbocycles. The van der Waals surface area contributed by atoms with E-state index in [0.29, 0.717) is 17.1 Å². The second kappa shape index (κ2) is 8.00. The van der Waals surface area contributed by atoms with Crippen molar-refractivity contribution in [2.24, 2.45) is 0 Å². The van der Waals surface area contributed by atoms with Crippen LogP contribution in [0.5, 0.6) is 0 Å². The summed E-state index contributed by atoms with van der Waals surface area (Å²) < 4.78 is 10.6. The van der Waals surface area contributed by atoms with Crippen LogP contribution in [0.15, 0.2) is 41.0 Å². The number of nitrogens with zero attached hydrogens (tertiary/aromatic N) is 1. The number of aryl methyl sites for hydroxylation is 2. The largest absolute Gasteiger partial charge is 0.466 e. The average molecular weight is 387 g/mol. The molecule has 1 aliphatic heterocycles. The van der Waals surface area contributed by atoms with E-state index >= 15 is 0 Å². The molecular formula is C20H21NO5S. The molecular weight excluding hydrogens is 366 g/mol. The molecule has 1 fully saturated rings. The molecule has 1 saturated heterocycles. The van der Waals surface area contributed by atoms with Gasteiger partial charge >= 0.3 is 5.97 Å². The van der Waals surface area contributed by atoms with Crippen LogP contribution in [0.25, 0.3) is 0 Å². The highest BCUT2D eigenvalue weighted by atomic mass is 32.2. The van der Waals surface area contributed by atoms with Crippen molar-refractivity contribution < 1.29 is 23.5 Å². The van der Waals surface area contributed by atoms with Gasteiger partial charge in [0.15, 0.2) is 6.61 Å². The zero-order valence-corrected chi connectivity index (χ0v) is 16.2. The molecule has 1 aliphatic rings. The van der Waals surface area contributed by atoms with Crippen LogP contribution < -0.4 is 0 Å². The van der Waals surface area contributed by atoms with Crippen molar-refractivity contribution in [2.45, 2.75) is 32.2 Å². The predicted molar refractivity (Wildman–Crippen MR) is 101 cm³/mol. The SMILES string of the molecule is CC(=O)N1[C@@H](c2ccco2)SC[C@H]1C(=O)OCC(=O)c1ccc(C)cc1C. The molecule has 2 heterocycles. The molecule has 142 valence electrons. The Morgan fingerprint density at radius 2 is 2.04 bits per heavy atom. The standard InChI is InChI=1S/C20H21NO5S/c1-12-6-7-15(13(2)9-12)17(23)10-26-20(24)16-11-27-19(21(16)14(3)22)18-5-4-8-25-18/h4-9,16,19H,10-11H2,1-3H3/t16-,19+/m0/s1. The molecule has 0 aliphatic carbocycles. The number of ether oxygens (including phenoxy) is 1. The van der Waals surface area contributed by atoms with E-state index in [2.05, 4.69) is 0 Å². The van der Waals surface area contributed by atoms with Crippen LogP contribution >= 0.6 is 11.8 Å². The monoisotopic (exact) mass is 387 g/mol. The Morgan fingerprint density at radius 1 is 1.26 bits per heavy atom. The molecule has 0 radical (unpaired) electrons. The van der Waals surface area contributed by atoms with Crippen molar-refractivity contribution in [3.05, 3.63) is 59.0 Å². The van der Waals surface area contributed by atoms with Crippen LogP contribution in [-0.4, -0.2) is 41.0 Å². The minimum absolute atomic E-state index is 0.246. The number of benzene rings is 1. The number of hydrogen-bond acceptors (Lipinski definition) is 6. The van der Waals surface area contributed by atoms with Crippen molar-refractivity contribution in [3.8, 4) is 0 Å². The van der Waals surface area contributed by atoms with E-state index in [1.54, 1.807) is 18.2 Å². The minimum atomic E-state index is -0.741. The first-order valence-corrected chi connectivity index (χ1v) is 9.64. The summed E-state index contributed by atoms with van der Waals surface area (Å²) in [6, 6.07) is 8.26. The van der Waals surface area contributed by atoms with Gasteiger partial charge in [-0.3, -0.25) is 9.59 Å². The quantitative estimate of drug-likeness (QED) is 0.579. The highest BCUT2D eigenvalue weighted by Crippen LogP contribution is 2.41. The lowest BCUT2D eigenvalue weighted by molar-refractivity contribution is -0.152. The number of carbonyl (C=O) groups excluding carboxylic acids is 3. The summed E-state index contributed by atoms with van der Waals surface area (Å²) in [5, 5.41) is -0.370. The van der Waals surface area contributed by atoms with Crippen molar-refractivity contribution in [2.75, 3.05) is 12.4 Å². The van der Waals surface area contributed by atoms with Gasteiger partial charge in [-0.15, -0.1) is 11.8 Å². The van der Waals surface area contributed by atoms with Crippen molar-refractivity contribution in [3.63, 3.8) is 0 Å². The van der Waals surface area contributed by atoms with Gasteiger partial charge < -0.3 is 14.1 Å². The van der Waals surface area contributed by atoms with Crippen molar-refractivity contribution >= 4 is 29.4 Å². The number of thioether (sulfide) groups is 1. The van der Waals surface area contributed by atoms with Gasteiger partial charge in [0.25, 0.3) is 0 Å². The molecule has 6 nitrogen and oxygen atoms in total. The fourth-order valence-electron chi connectivity index (χ4n) is 3.16. The Hall–Kier alpha value is -2.54. The van der Waals surface area contributed by atoms with E-state index in [1.165, 1.54) is 29.8 Å². The molecule has 0 saturated carbocycles. The lowest BCUT2D eigenvalue weighted by Crippen LogP contribution is -2.43. The number of ketones is 1. The van der Waals surface area contributed by atoms with Gasteiger partial charge in [-0.25, -0.2) is 4.79 Å². The van der Waals surface area contributed by atoms with Gasteiger partial charge in [0, 0.05) is 18.2 Å². The molecule has 1 aromatic heterocycles. The Morgan fingerprint density at radius 3 is 2.67 bits per heavy atom. The summed E-state index contributed by atoms with van der Waals surface area (Å²) in [5.41, 5.74) is 2.44. The Labute approximate surface area is 161 Å². The predicted octanol–water partition coefficient (Wildman–Crippen LogP) is 3.29. The van der Waals surface area contributed by atoms with Crippen molar-refractivity contribution in [1.29, 1.82) is 0 Å². The number of amides is 1. The smallest absolute Gasteiger partial charge is 0.330 e. The van der Waals surface area contributed by atoms with Crippen LogP contribution in [0, 0.1) is 13.8 Å². The van der Waals surface area contributed by atoms with Gasteiger partial charge in [-0.2, -0.15) is 0 Å². The van der Waals surface area contributed by atoms with Crippen LogP contribution in [0.3, 0.4) is 0 Å². The lowest BCUT2D eigenvalue weighted by Gasteiger charge is -2.25. The third kappa shape index (κ3) is 4.08. The maximum absolute atomic E-state index is 12.5. The van der Waals surface area contributed by atoms with E-state index in [1.807, 2.05) is 26.0 Å². The van der Waals surface area contributed by atoms with Gasteiger partial charge in [0.05, 0.1) is 6.26 Å². The summed E-state index contributed by atoms with van der Waals surface area (Å²) in [6.07, 6.45) is 1.53. The highest BCUT2D eigenvalue weighted by molar-refractivity contribution is 7.99. The van der Waals surface area contributed by atoms with Gasteiger partial charge in [0.1, 0.15) is 17.2 Å². The first-order valence-electron chi connectivity index (χ1n) is 8.59. The molecule has 0 unspecified atom stereocenters. The topological polar surface area (TPSA) is 76.8 Å². The lowest BCUT2D eigenvalue weighted by atomic mass is 10.0. The molecule has 0 N–H and O–H groups in total. The first-order chi connectivity index (χ1) is 12.9. The fourth-order valence-corrected chi connectivity index (χ4v) is 4.58. The molecule has 7 heteroatoms. The first kappa shape index (κ1) is 19.2. The van der Waals surface area contributed by atoms with Crippen LogP contribution in [-0.2, 0) is 14.3 Å². The maximum Gasteiger partial charge on any atom is 0.330 e. The molecule has 0 spiro atoms. The van der Waals surface area contributed by atoms with E-state index in [0.717, 1.165) is 11.1 Å². The normalized spacial score (nSPS) is 19.1. The summed E-state index contributed by atoms with van der Waals surface area (Å²) in [4.78, 5) is 38.5. The maximum atomic E-state index is 12.5. The summed E-state index contributed by atoms with van der Waals surface area (Å²) in [5.74, 6) is -0.0871. The summed E-state index contributed by atoms with van der Waals surface area (Å²) in [7, 11) is 0. The number of rotatable bonds is 5. The molecule has 2 aromatic rings. The number of carbonyl (C=O) groups is 3. The Kier molecular flexibility index (Phi) is 5.70. The van der Waals surface area contributed by atoms with E-state index in [-0.39, 0.29) is 23.7 Å². The van der Waals surface area contributed by atoms with E-state index in [4.69, 9.17) is 9.15 Å². The number of esters is 1. The summed E-state index contributed by atoms with van der Waals surface area (Å²) in [6.45, 7) is 4.86. The average Bonchev–Trinajstić information content (AvgIpc) is 3.28. The zero-order chi connectivity index (χ0) is 19.6. The number of hydrogen-bond donors (Lipinski definition) is 0. The van der Waals surface area contributed by atoms with Gasteiger partial charge in [-0.1, -0.05) is 23.8 Å². The zero-order valence-electron chi connectivity index (χ0n) is 15.4. The highest BCUT2D eigenvalue weighted by Gasteiger charge is 2.43. The van der Waals surface area contributed by atoms with Crippen molar-refractivity contribution in [1.82, 2.24) is 4.90 Å². The molecule has 0 bridgehead atoms. The molecule has 3 rings (SSSR count). The number of furan rings is 1. The second-order valence-corrected chi connectivity index (χ2v) is 7.61.